The average Bonchev–Trinajstić information content (AvgIpc) is 2.76. The summed E-state index contributed by atoms with van der Waals surface area (Å²) < 4.78 is 11.2. The molecule has 1 heterocycles. The van der Waals surface area contributed by atoms with Gasteiger partial charge in [-0.3, -0.25) is 4.79 Å². The van der Waals surface area contributed by atoms with Crippen molar-refractivity contribution in [1.29, 1.82) is 5.26 Å². The molecule has 0 radical (unpaired) electrons. The van der Waals surface area contributed by atoms with Gasteiger partial charge in [0.1, 0.15) is 11.8 Å². The number of nitrogens with zero attached hydrogens (tertiary/aromatic N) is 1. The number of ether oxygens (including phenoxy) is 2. The summed E-state index contributed by atoms with van der Waals surface area (Å²) in [6, 6.07) is 17.2. The van der Waals surface area contributed by atoms with Gasteiger partial charge >= 0.3 is 0 Å². The van der Waals surface area contributed by atoms with E-state index in [0.717, 1.165) is 18.4 Å². The molecule has 0 unspecified atom stereocenters. The van der Waals surface area contributed by atoms with Crippen LogP contribution in [0.15, 0.2) is 48.5 Å². The Bertz CT molecular complexity index is 837. The van der Waals surface area contributed by atoms with Crippen molar-refractivity contribution < 1.29 is 14.3 Å². The van der Waals surface area contributed by atoms with Crippen molar-refractivity contribution >= 4 is 11.6 Å². The van der Waals surface area contributed by atoms with Crippen LogP contribution in [0.4, 0.5) is 5.69 Å². The predicted octanol–water partition coefficient (Wildman–Crippen LogP) is 4.42. The number of nitrogens with one attached hydrogen (secondary N) is 1. The SMILES string of the molecule is CCCCOc1ccc(NC(=O)C2(c3ccccc3)CCOCC2)c(C#N)c1. The van der Waals surface area contributed by atoms with Crippen LogP contribution in [0.1, 0.15) is 43.7 Å². The number of nitriles is 1. The molecule has 1 N–H and O–H groups in total. The maximum atomic E-state index is 13.3. The van der Waals surface area contributed by atoms with Gasteiger partial charge in [-0.15, -0.1) is 0 Å². The quantitative estimate of drug-likeness (QED) is 0.724. The van der Waals surface area contributed by atoms with Gasteiger partial charge in [-0.05, 0) is 43.0 Å². The van der Waals surface area contributed by atoms with E-state index in [4.69, 9.17) is 9.47 Å². The number of anilines is 1. The van der Waals surface area contributed by atoms with E-state index in [1.165, 1.54) is 0 Å². The third kappa shape index (κ3) is 4.35. The third-order valence-corrected chi connectivity index (χ3v) is 5.23. The minimum atomic E-state index is -0.650. The van der Waals surface area contributed by atoms with E-state index in [2.05, 4.69) is 18.3 Å². The Morgan fingerprint density at radius 1 is 1.21 bits per heavy atom. The maximum absolute atomic E-state index is 13.3. The number of hydrogen-bond acceptors (Lipinski definition) is 4. The lowest BCUT2D eigenvalue weighted by atomic mass is 9.73. The summed E-state index contributed by atoms with van der Waals surface area (Å²) >= 11 is 0. The molecule has 1 amide bonds. The van der Waals surface area contributed by atoms with E-state index >= 15 is 0 Å². The number of rotatable bonds is 7. The molecular formula is C23H26N2O3. The van der Waals surface area contributed by atoms with Crippen LogP contribution >= 0.6 is 0 Å². The average molecular weight is 378 g/mol. The lowest BCUT2D eigenvalue weighted by Crippen LogP contribution is -2.44. The molecule has 1 aliphatic rings. The molecule has 28 heavy (non-hydrogen) atoms. The van der Waals surface area contributed by atoms with Crippen LogP contribution < -0.4 is 10.1 Å². The molecule has 5 nitrogen and oxygen atoms in total. The van der Waals surface area contributed by atoms with Gasteiger partial charge in [-0.2, -0.15) is 5.26 Å². The highest BCUT2D eigenvalue weighted by Gasteiger charge is 2.41. The number of amides is 1. The van der Waals surface area contributed by atoms with Crippen LogP contribution in [0.25, 0.3) is 0 Å². The van der Waals surface area contributed by atoms with Gasteiger partial charge in [0.15, 0.2) is 0 Å². The molecule has 1 fully saturated rings. The van der Waals surface area contributed by atoms with E-state index in [1.807, 2.05) is 30.3 Å². The summed E-state index contributed by atoms with van der Waals surface area (Å²) in [6.07, 6.45) is 3.23. The maximum Gasteiger partial charge on any atom is 0.235 e. The normalized spacial score (nSPS) is 15.4. The van der Waals surface area contributed by atoms with Crippen molar-refractivity contribution in [2.24, 2.45) is 0 Å². The Morgan fingerprint density at radius 3 is 2.64 bits per heavy atom. The summed E-state index contributed by atoms with van der Waals surface area (Å²) in [4.78, 5) is 13.3. The summed E-state index contributed by atoms with van der Waals surface area (Å²) in [7, 11) is 0. The van der Waals surface area contributed by atoms with Gasteiger partial charge in [0.05, 0.1) is 23.3 Å². The lowest BCUT2D eigenvalue weighted by molar-refractivity contribution is -0.125. The van der Waals surface area contributed by atoms with Crippen molar-refractivity contribution in [3.63, 3.8) is 0 Å². The molecule has 1 saturated heterocycles. The Labute approximate surface area is 166 Å². The van der Waals surface area contributed by atoms with E-state index in [9.17, 15) is 10.1 Å². The molecule has 2 aromatic carbocycles. The van der Waals surface area contributed by atoms with Crippen LogP contribution in [-0.4, -0.2) is 25.7 Å². The monoisotopic (exact) mass is 378 g/mol. The van der Waals surface area contributed by atoms with Gasteiger partial charge in [0.2, 0.25) is 5.91 Å². The number of carbonyl (C=O) groups excluding carboxylic acids is 1. The van der Waals surface area contributed by atoms with Gasteiger partial charge in [0, 0.05) is 13.2 Å². The molecule has 1 aliphatic heterocycles. The number of carbonyl (C=O) groups is 1. The smallest absolute Gasteiger partial charge is 0.235 e. The molecule has 5 heteroatoms. The largest absolute Gasteiger partial charge is 0.494 e. The Hall–Kier alpha value is -2.84. The molecule has 0 aromatic heterocycles. The van der Waals surface area contributed by atoms with E-state index < -0.39 is 5.41 Å². The molecule has 3 rings (SSSR count). The van der Waals surface area contributed by atoms with Crippen molar-refractivity contribution in [2.75, 3.05) is 25.1 Å². The van der Waals surface area contributed by atoms with Crippen LogP contribution in [-0.2, 0) is 14.9 Å². The Kier molecular flexibility index (Phi) is 6.67. The molecule has 146 valence electrons. The van der Waals surface area contributed by atoms with Crippen LogP contribution in [0.2, 0.25) is 0 Å². The zero-order valence-electron chi connectivity index (χ0n) is 16.2. The third-order valence-electron chi connectivity index (χ3n) is 5.23. The fourth-order valence-electron chi connectivity index (χ4n) is 3.51. The number of unbranched alkanes of at least 4 members (excludes halogenated alkanes) is 1. The molecular weight excluding hydrogens is 352 g/mol. The topological polar surface area (TPSA) is 71.3 Å². The lowest BCUT2D eigenvalue weighted by Gasteiger charge is -2.36. The zero-order chi connectivity index (χ0) is 19.8. The predicted molar refractivity (Wildman–Crippen MR) is 108 cm³/mol. The van der Waals surface area contributed by atoms with Gasteiger partial charge in [-0.1, -0.05) is 43.7 Å². The van der Waals surface area contributed by atoms with Crippen LogP contribution in [0, 0.1) is 11.3 Å². The molecule has 2 aromatic rings. The minimum absolute atomic E-state index is 0.0989. The fourth-order valence-corrected chi connectivity index (χ4v) is 3.51. The van der Waals surface area contributed by atoms with Crippen molar-refractivity contribution in [1.82, 2.24) is 0 Å². The second-order valence-electron chi connectivity index (χ2n) is 7.04. The van der Waals surface area contributed by atoms with Crippen molar-refractivity contribution in [3.05, 3.63) is 59.7 Å². The highest BCUT2D eigenvalue weighted by Crippen LogP contribution is 2.36. The zero-order valence-corrected chi connectivity index (χ0v) is 16.2. The van der Waals surface area contributed by atoms with Crippen LogP contribution in [0.3, 0.4) is 0 Å². The standard InChI is InChI=1S/C23H26N2O3/c1-2-3-13-28-20-9-10-21(18(16-20)17-24)25-22(26)23(11-14-27-15-12-23)19-7-5-4-6-8-19/h4-10,16H,2-3,11-15H2,1H3,(H,25,26). The summed E-state index contributed by atoms with van der Waals surface area (Å²) in [5, 5.41) is 12.5. The highest BCUT2D eigenvalue weighted by molar-refractivity contribution is 6.00. The molecule has 0 saturated carbocycles. The summed E-state index contributed by atoms with van der Waals surface area (Å²) in [5.41, 5.74) is 1.24. The first kappa shape index (κ1) is 19.9. The van der Waals surface area contributed by atoms with E-state index in [-0.39, 0.29) is 5.91 Å². The first-order chi connectivity index (χ1) is 13.7. The van der Waals surface area contributed by atoms with Crippen molar-refractivity contribution in [3.8, 4) is 11.8 Å². The second-order valence-corrected chi connectivity index (χ2v) is 7.04. The molecule has 0 atom stereocenters. The van der Waals surface area contributed by atoms with Crippen molar-refractivity contribution in [2.45, 2.75) is 38.0 Å². The van der Waals surface area contributed by atoms with Gasteiger partial charge in [-0.25, -0.2) is 0 Å². The Balaban J connectivity index is 1.83. The summed E-state index contributed by atoms with van der Waals surface area (Å²) in [6.45, 7) is 3.79. The first-order valence-corrected chi connectivity index (χ1v) is 9.81. The number of benzene rings is 2. The fraction of sp³-hybridized carbons (Fsp3) is 0.391. The van der Waals surface area contributed by atoms with Gasteiger partial charge in [0.25, 0.3) is 0 Å². The second kappa shape index (κ2) is 9.38. The number of hydrogen-bond donors (Lipinski definition) is 1. The van der Waals surface area contributed by atoms with Crippen LogP contribution in [0.5, 0.6) is 5.75 Å². The molecule has 0 bridgehead atoms. The highest BCUT2D eigenvalue weighted by atomic mass is 16.5. The molecule has 0 aliphatic carbocycles. The van der Waals surface area contributed by atoms with Gasteiger partial charge < -0.3 is 14.8 Å². The summed E-state index contributed by atoms with van der Waals surface area (Å²) in [5.74, 6) is 0.546. The van der Waals surface area contributed by atoms with E-state index in [1.54, 1.807) is 18.2 Å². The van der Waals surface area contributed by atoms with E-state index in [0.29, 0.717) is 49.7 Å². The minimum Gasteiger partial charge on any atom is -0.494 e. The molecule has 0 spiro atoms. The first-order valence-electron chi connectivity index (χ1n) is 9.81. The Morgan fingerprint density at radius 2 is 1.96 bits per heavy atom.